The second-order valence-corrected chi connectivity index (χ2v) is 11.0. The summed E-state index contributed by atoms with van der Waals surface area (Å²) in [4.78, 5) is 36.5. The van der Waals surface area contributed by atoms with Crippen LogP contribution in [0.3, 0.4) is 0 Å². The highest BCUT2D eigenvalue weighted by Gasteiger charge is 2.34. The summed E-state index contributed by atoms with van der Waals surface area (Å²) in [5, 5.41) is 23.7. The third-order valence-corrected chi connectivity index (χ3v) is 7.71. The summed E-state index contributed by atoms with van der Waals surface area (Å²) < 4.78 is 27.7. The molecule has 12 nitrogen and oxygen atoms in total. The van der Waals surface area contributed by atoms with E-state index in [1.165, 1.54) is 17.7 Å². The van der Waals surface area contributed by atoms with Crippen LogP contribution in [0.5, 0.6) is 5.75 Å². The van der Waals surface area contributed by atoms with E-state index in [-0.39, 0.29) is 39.1 Å². The van der Waals surface area contributed by atoms with Gasteiger partial charge in [0, 0.05) is 12.7 Å². The van der Waals surface area contributed by atoms with Crippen molar-refractivity contribution < 1.29 is 24.1 Å². The molecule has 0 radical (unpaired) electrons. The first kappa shape index (κ1) is 24.7. The summed E-state index contributed by atoms with van der Waals surface area (Å²) in [5.74, 6) is -2.17. The summed E-state index contributed by atoms with van der Waals surface area (Å²) in [6.07, 6.45) is 2.21. The minimum atomic E-state index is -3.90. The molecule has 4 aromatic rings. The number of aromatic amines is 1. The quantitative estimate of drug-likeness (QED) is 0.215. The third-order valence-electron chi connectivity index (χ3n) is 6.31. The van der Waals surface area contributed by atoms with Crippen LogP contribution in [0.2, 0.25) is 0 Å². The average Bonchev–Trinajstić information content (AvgIpc) is 3.26. The number of aliphatic carboxylic acids is 1. The van der Waals surface area contributed by atoms with Crippen LogP contribution >= 0.6 is 10.8 Å². The Kier molecular flexibility index (Phi) is 5.93. The van der Waals surface area contributed by atoms with E-state index in [2.05, 4.69) is 24.7 Å². The molecule has 13 heteroatoms. The predicted molar refractivity (Wildman–Crippen MR) is 141 cm³/mol. The smallest absolute Gasteiger partial charge is 0.313 e. The lowest BCUT2D eigenvalue weighted by Gasteiger charge is -2.34. The zero-order chi connectivity index (χ0) is 26.6. The molecule has 6 N–H and O–H groups in total. The molecule has 1 aliphatic rings. The molecule has 1 aliphatic heterocycles. The summed E-state index contributed by atoms with van der Waals surface area (Å²) in [6, 6.07) is 6.41. The van der Waals surface area contributed by atoms with Gasteiger partial charge in [0.2, 0.25) is 0 Å². The lowest BCUT2D eigenvalue weighted by Crippen LogP contribution is -2.32. The number of imidazole rings is 1. The van der Waals surface area contributed by atoms with Gasteiger partial charge in [-0.25, -0.2) is 9.97 Å². The third kappa shape index (κ3) is 4.10. The van der Waals surface area contributed by atoms with Crippen molar-refractivity contribution in [3.63, 3.8) is 0 Å². The Bertz CT molecular complexity index is 1660. The van der Waals surface area contributed by atoms with Crippen LogP contribution in [0, 0.1) is 5.92 Å². The van der Waals surface area contributed by atoms with Gasteiger partial charge in [-0.2, -0.15) is 0 Å². The Morgan fingerprint density at radius 1 is 1.19 bits per heavy atom. The van der Waals surface area contributed by atoms with Gasteiger partial charge in [0.25, 0.3) is 5.56 Å². The number of nitrogens with zero attached hydrogens (tertiary/aromatic N) is 4. The average molecular weight is 527 g/mol. The van der Waals surface area contributed by atoms with E-state index in [1.807, 2.05) is 13.8 Å². The van der Waals surface area contributed by atoms with Gasteiger partial charge in [-0.3, -0.25) is 23.3 Å². The van der Waals surface area contributed by atoms with Crippen LogP contribution in [-0.4, -0.2) is 50.6 Å². The molecule has 0 fully saturated rings. The number of anilines is 1. The predicted octanol–water partition coefficient (Wildman–Crippen LogP) is 4.11. The molecule has 0 amide bonds. The molecule has 0 saturated carbocycles. The monoisotopic (exact) mass is 526 g/mol. The Labute approximate surface area is 212 Å². The molecule has 1 aromatic carbocycles. The van der Waals surface area contributed by atoms with Crippen LogP contribution in [-0.2, 0) is 11.3 Å². The molecular weight excluding hydrogens is 500 g/mol. The SMILES string of the molecule is CC(C)CCn1c(=O)c(C2=NS(O)(O)c3c(ccc4[nH]c(C(C)C(=O)O)nc34)N2)c(O)c2cccnc21. The maximum atomic E-state index is 13.6. The van der Waals surface area contributed by atoms with Gasteiger partial charge < -0.3 is 20.5 Å². The lowest BCUT2D eigenvalue weighted by atomic mass is 10.1. The van der Waals surface area contributed by atoms with Crippen LogP contribution in [0.25, 0.3) is 22.1 Å². The van der Waals surface area contributed by atoms with Gasteiger partial charge in [-0.15, -0.1) is 4.40 Å². The number of hydrogen-bond acceptors (Lipinski definition) is 9. The first-order chi connectivity index (χ1) is 17.5. The number of carboxylic acids is 1. The number of aromatic hydroxyl groups is 1. The number of aryl methyl sites for hydroxylation is 1. The molecule has 0 bridgehead atoms. The molecule has 194 valence electrons. The van der Waals surface area contributed by atoms with Crippen LogP contribution < -0.4 is 10.9 Å². The van der Waals surface area contributed by atoms with E-state index >= 15 is 0 Å². The molecule has 1 unspecified atom stereocenters. The largest absolute Gasteiger partial charge is 0.506 e. The van der Waals surface area contributed by atoms with Crippen molar-refractivity contribution in [1.29, 1.82) is 0 Å². The van der Waals surface area contributed by atoms with Crippen molar-refractivity contribution in [3.8, 4) is 5.75 Å². The molecule has 0 spiro atoms. The maximum absolute atomic E-state index is 13.6. The number of carbonyl (C=O) groups is 1. The fraction of sp³-hybridized carbons (Fsp3) is 0.292. The summed E-state index contributed by atoms with van der Waals surface area (Å²) in [6.45, 7) is 5.86. The van der Waals surface area contributed by atoms with Crippen molar-refractivity contribution in [3.05, 3.63) is 52.2 Å². The second-order valence-electron chi connectivity index (χ2n) is 9.34. The number of fused-ring (bicyclic) bond motifs is 4. The zero-order valence-electron chi connectivity index (χ0n) is 20.3. The van der Waals surface area contributed by atoms with E-state index in [0.29, 0.717) is 35.4 Å². The maximum Gasteiger partial charge on any atom is 0.313 e. The van der Waals surface area contributed by atoms with Crippen molar-refractivity contribution in [2.45, 2.75) is 44.6 Å². The number of benzene rings is 1. The summed E-state index contributed by atoms with van der Waals surface area (Å²) in [5.41, 5.74) is 0.299. The number of hydrogen-bond donors (Lipinski definition) is 6. The Morgan fingerprint density at radius 2 is 1.95 bits per heavy atom. The first-order valence-electron chi connectivity index (χ1n) is 11.6. The highest BCUT2D eigenvalue weighted by Crippen LogP contribution is 2.58. The van der Waals surface area contributed by atoms with Gasteiger partial charge in [0.15, 0.2) is 5.84 Å². The van der Waals surface area contributed by atoms with E-state index in [4.69, 9.17) is 0 Å². The Morgan fingerprint density at radius 3 is 2.65 bits per heavy atom. The van der Waals surface area contributed by atoms with E-state index < -0.39 is 28.2 Å². The van der Waals surface area contributed by atoms with Crippen molar-refractivity contribution in [1.82, 2.24) is 19.5 Å². The molecule has 0 saturated heterocycles. The van der Waals surface area contributed by atoms with E-state index in [0.717, 1.165) is 0 Å². The highest BCUT2D eigenvalue weighted by atomic mass is 32.3. The van der Waals surface area contributed by atoms with Crippen molar-refractivity contribution in [2.24, 2.45) is 10.3 Å². The van der Waals surface area contributed by atoms with Gasteiger partial charge >= 0.3 is 5.97 Å². The normalized spacial score (nSPS) is 16.3. The second kappa shape index (κ2) is 8.87. The molecule has 4 heterocycles. The van der Waals surface area contributed by atoms with Crippen molar-refractivity contribution in [2.75, 3.05) is 5.32 Å². The topological polar surface area (TPSA) is 186 Å². The molecule has 5 rings (SSSR count). The Balaban J connectivity index is 1.69. The number of rotatable bonds is 6. The molecule has 37 heavy (non-hydrogen) atoms. The van der Waals surface area contributed by atoms with Gasteiger partial charge in [-0.05, 0) is 43.5 Å². The van der Waals surface area contributed by atoms with Gasteiger partial charge in [0.1, 0.15) is 39.1 Å². The molecule has 1 atom stereocenters. The van der Waals surface area contributed by atoms with Crippen LogP contribution in [0.15, 0.2) is 44.6 Å². The number of nitrogens with one attached hydrogen (secondary N) is 2. The van der Waals surface area contributed by atoms with Gasteiger partial charge in [-0.1, -0.05) is 24.6 Å². The van der Waals surface area contributed by atoms with E-state index in [1.54, 1.807) is 24.3 Å². The highest BCUT2D eigenvalue weighted by molar-refractivity contribution is 8.23. The minimum Gasteiger partial charge on any atom is -0.506 e. The minimum absolute atomic E-state index is 0.0316. The molecular formula is C24H26N6O6S. The summed E-state index contributed by atoms with van der Waals surface area (Å²) >= 11 is 0. The van der Waals surface area contributed by atoms with Crippen LogP contribution in [0.4, 0.5) is 5.69 Å². The van der Waals surface area contributed by atoms with Crippen LogP contribution in [0.1, 0.15) is 44.5 Å². The number of amidine groups is 1. The number of pyridine rings is 2. The fourth-order valence-electron chi connectivity index (χ4n) is 4.27. The fourth-order valence-corrected chi connectivity index (χ4v) is 5.58. The number of aromatic nitrogens is 4. The molecule has 3 aromatic heterocycles. The molecule has 0 aliphatic carbocycles. The number of carboxylic acid groups (broad SMARTS) is 1. The van der Waals surface area contributed by atoms with Gasteiger partial charge in [0.05, 0.1) is 16.6 Å². The Hall–Kier alpha value is -3.94. The van der Waals surface area contributed by atoms with Crippen molar-refractivity contribution >= 4 is 50.3 Å². The summed E-state index contributed by atoms with van der Waals surface area (Å²) in [7, 11) is -3.90. The lowest BCUT2D eigenvalue weighted by molar-refractivity contribution is -0.138. The zero-order valence-corrected chi connectivity index (χ0v) is 21.1. The first-order valence-corrected chi connectivity index (χ1v) is 13.1. The van der Waals surface area contributed by atoms with E-state index in [9.17, 15) is 28.9 Å². The standard InChI is InChI=1S/C24H26N6O6S/c1-11(2)8-10-30-22-13(5-4-9-25-22)18(31)16(23(30)32)21-27-15-7-6-14-17(19(15)37(35,36)29-21)28-20(26-14)12(3)24(33)34/h4-7,9,11-12,31,35-36H,8,10H2,1-3H3,(H,26,28)(H,27,29)(H,33,34). The number of H-pyrrole nitrogens is 1.